The first-order valence-electron chi connectivity index (χ1n) is 16.7. The van der Waals surface area contributed by atoms with Gasteiger partial charge in [-0.2, -0.15) is 0 Å². The molecule has 1 aliphatic carbocycles. The number of carboxylic acids is 1. The van der Waals surface area contributed by atoms with Gasteiger partial charge in [0.05, 0.1) is 0 Å². The zero-order valence-corrected chi connectivity index (χ0v) is 28.1. The number of carboxylic acid groups (broad SMARTS) is 1. The third-order valence-electron chi connectivity index (χ3n) is 9.05. The van der Waals surface area contributed by atoms with Gasteiger partial charge in [-0.15, -0.1) is 0 Å². The zero-order chi connectivity index (χ0) is 35.6. The number of aromatic nitrogens is 1. The second-order valence-corrected chi connectivity index (χ2v) is 12.4. The lowest BCUT2D eigenvalue weighted by Crippen LogP contribution is -2.57. The summed E-state index contributed by atoms with van der Waals surface area (Å²) >= 11 is 0. The number of fused-ring (bicyclic) bond motifs is 3. The summed E-state index contributed by atoms with van der Waals surface area (Å²) in [5.74, 6) is -3.32. The number of unbranched alkanes of at least 4 members (excludes halogenated alkanes) is 1. The molecule has 11 heteroatoms. The highest BCUT2D eigenvalue weighted by Gasteiger charge is 2.34. The normalized spacial score (nSPS) is 13.7. The molecule has 50 heavy (non-hydrogen) atoms. The van der Waals surface area contributed by atoms with E-state index in [1.54, 1.807) is 24.4 Å². The van der Waals surface area contributed by atoms with Crippen molar-refractivity contribution in [3.63, 3.8) is 0 Å². The number of ether oxygens (including phenoxy) is 1. The minimum Gasteiger partial charge on any atom is -0.480 e. The molecule has 3 unspecified atom stereocenters. The number of carbonyl (C=O) groups excluding carboxylic acids is 3. The van der Waals surface area contributed by atoms with Crippen LogP contribution in [-0.2, 0) is 32.0 Å². The van der Waals surface area contributed by atoms with Gasteiger partial charge in [-0.1, -0.05) is 92.6 Å². The molecule has 0 aliphatic heterocycles. The van der Waals surface area contributed by atoms with Crippen molar-refractivity contribution in [1.29, 1.82) is 0 Å². The molecule has 3 amide bonds. The quantitative estimate of drug-likeness (QED) is 0.151. The molecular weight excluding hydrogens is 639 g/mol. The van der Waals surface area contributed by atoms with Crippen LogP contribution < -0.4 is 10.6 Å². The molecule has 5 rings (SSSR count). The maximum absolute atomic E-state index is 14.8. The number of alkyl carbamates (subject to hydrolysis) is 1. The Balaban J connectivity index is 1.32. The van der Waals surface area contributed by atoms with Crippen LogP contribution in [0, 0.1) is 5.82 Å². The number of hydrogen-bond donors (Lipinski definition) is 3. The van der Waals surface area contributed by atoms with E-state index in [1.165, 1.54) is 31.4 Å². The van der Waals surface area contributed by atoms with Crippen LogP contribution in [0.3, 0.4) is 0 Å². The predicted octanol–water partition coefficient (Wildman–Crippen LogP) is 5.50. The van der Waals surface area contributed by atoms with Gasteiger partial charge in [-0.25, -0.2) is 14.0 Å². The summed E-state index contributed by atoms with van der Waals surface area (Å²) in [5.41, 5.74) is 4.98. The number of halogens is 1. The number of rotatable bonds is 15. The number of pyridine rings is 1. The average Bonchev–Trinajstić information content (AvgIpc) is 3.45. The lowest BCUT2D eigenvalue weighted by Gasteiger charge is -2.30. The van der Waals surface area contributed by atoms with Crippen LogP contribution in [0.1, 0.15) is 54.4 Å². The largest absolute Gasteiger partial charge is 0.480 e. The van der Waals surface area contributed by atoms with E-state index in [-0.39, 0.29) is 37.4 Å². The predicted molar refractivity (Wildman–Crippen MR) is 186 cm³/mol. The highest BCUT2D eigenvalue weighted by atomic mass is 19.1. The van der Waals surface area contributed by atoms with Gasteiger partial charge < -0.3 is 25.4 Å². The Bertz CT molecular complexity index is 1770. The molecule has 10 nitrogen and oxygen atoms in total. The maximum Gasteiger partial charge on any atom is 0.407 e. The molecular formula is C39H41FN4O6. The topological polar surface area (TPSA) is 138 Å². The number of benzene rings is 3. The minimum atomic E-state index is -1.31. The molecule has 1 aromatic heterocycles. The molecule has 0 radical (unpaired) electrons. The van der Waals surface area contributed by atoms with Crippen molar-refractivity contribution in [2.75, 3.05) is 13.7 Å². The van der Waals surface area contributed by atoms with Gasteiger partial charge in [0.1, 0.15) is 30.5 Å². The zero-order valence-electron chi connectivity index (χ0n) is 28.1. The summed E-state index contributed by atoms with van der Waals surface area (Å²) in [6.07, 6.45) is 3.51. The second kappa shape index (κ2) is 16.7. The molecule has 0 fully saturated rings. The summed E-state index contributed by atoms with van der Waals surface area (Å²) in [6.45, 7) is 1.93. The monoisotopic (exact) mass is 680 g/mol. The maximum atomic E-state index is 14.8. The van der Waals surface area contributed by atoms with E-state index in [2.05, 4.69) is 15.6 Å². The Hall–Kier alpha value is -5.58. The Labute approximate surface area is 290 Å². The van der Waals surface area contributed by atoms with Gasteiger partial charge in [0.25, 0.3) is 0 Å². The van der Waals surface area contributed by atoms with Crippen LogP contribution >= 0.6 is 0 Å². The Morgan fingerprint density at radius 1 is 0.880 bits per heavy atom. The van der Waals surface area contributed by atoms with Crippen LogP contribution in [0.25, 0.3) is 11.1 Å². The smallest absolute Gasteiger partial charge is 0.407 e. The van der Waals surface area contributed by atoms with Gasteiger partial charge in [0.15, 0.2) is 0 Å². The molecule has 1 aliphatic rings. The van der Waals surface area contributed by atoms with Crippen molar-refractivity contribution >= 4 is 23.9 Å². The van der Waals surface area contributed by atoms with Crippen LogP contribution in [0.15, 0.2) is 97.3 Å². The summed E-state index contributed by atoms with van der Waals surface area (Å²) in [4.78, 5) is 58.4. The van der Waals surface area contributed by atoms with E-state index >= 15 is 0 Å². The summed E-state index contributed by atoms with van der Waals surface area (Å²) in [7, 11) is 1.38. The highest BCUT2D eigenvalue weighted by molar-refractivity contribution is 5.93. The number of likely N-dealkylation sites (N-methyl/N-ethyl adjacent to an activating group) is 1. The molecule has 1 heterocycles. The SMILES string of the molecule is CCCCC(NC(=O)C(Cc1ccccc1F)NC(=O)OCC1c2ccccc2-c2ccccc21)C(=O)N(C)C(Cc1cccnc1)C(=O)O. The number of carbonyl (C=O) groups is 4. The first kappa shape index (κ1) is 35.7. The van der Waals surface area contributed by atoms with Crippen LogP contribution in [0.4, 0.5) is 9.18 Å². The number of hydrogen-bond acceptors (Lipinski definition) is 6. The third-order valence-corrected chi connectivity index (χ3v) is 9.05. The first-order chi connectivity index (χ1) is 24.2. The van der Waals surface area contributed by atoms with Gasteiger partial charge in [-0.05, 0) is 51.9 Å². The molecule has 3 N–H and O–H groups in total. The summed E-state index contributed by atoms with van der Waals surface area (Å²) in [6, 6.07) is 21.5. The first-order valence-corrected chi connectivity index (χ1v) is 16.7. The van der Waals surface area contributed by atoms with Crippen LogP contribution in [0.2, 0.25) is 0 Å². The molecule has 0 saturated heterocycles. The molecule has 4 aromatic rings. The van der Waals surface area contributed by atoms with E-state index < -0.39 is 47.8 Å². The number of aliphatic carboxylic acids is 1. The Morgan fingerprint density at radius 2 is 1.54 bits per heavy atom. The van der Waals surface area contributed by atoms with E-state index in [0.717, 1.165) is 27.2 Å². The standard InChI is InChI=1S/C39H41FN4O6/c1-3-4-19-33(37(46)44(2)35(38(47)48)21-25-12-11-20-41-23-25)42-36(45)34(22-26-13-5-10-18-32(26)40)43-39(49)50-24-31-29-16-8-6-14-27(29)28-15-7-9-17-30(28)31/h5-18,20,23,31,33-35H,3-4,19,21-22,24H2,1-2H3,(H,42,45)(H,43,49)(H,47,48). The lowest BCUT2D eigenvalue weighted by atomic mass is 9.98. The van der Waals surface area contributed by atoms with Crippen molar-refractivity contribution in [3.05, 3.63) is 125 Å². The van der Waals surface area contributed by atoms with Crippen molar-refractivity contribution in [2.45, 2.75) is 63.1 Å². The summed E-state index contributed by atoms with van der Waals surface area (Å²) < 4.78 is 20.5. The molecule has 260 valence electrons. The van der Waals surface area contributed by atoms with Crippen LogP contribution in [-0.4, -0.2) is 70.6 Å². The number of nitrogens with zero attached hydrogens (tertiary/aromatic N) is 2. The summed E-state index contributed by atoms with van der Waals surface area (Å²) in [5, 5.41) is 15.3. The average molecular weight is 681 g/mol. The fraction of sp³-hybridized carbons (Fsp3) is 0.308. The lowest BCUT2D eigenvalue weighted by molar-refractivity contribution is -0.150. The third kappa shape index (κ3) is 8.52. The fourth-order valence-corrected chi connectivity index (χ4v) is 6.34. The molecule has 3 atom stereocenters. The van der Waals surface area contributed by atoms with Crippen molar-refractivity contribution in [1.82, 2.24) is 20.5 Å². The van der Waals surface area contributed by atoms with E-state index in [0.29, 0.717) is 18.4 Å². The molecule has 0 saturated carbocycles. The van der Waals surface area contributed by atoms with Crippen molar-refractivity contribution in [2.24, 2.45) is 0 Å². The Morgan fingerprint density at radius 3 is 2.16 bits per heavy atom. The molecule has 0 spiro atoms. The van der Waals surface area contributed by atoms with E-state index in [9.17, 15) is 28.7 Å². The van der Waals surface area contributed by atoms with Gasteiger partial charge in [0, 0.05) is 38.2 Å². The van der Waals surface area contributed by atoms with E-state index in [1.807, 2.05) is 55.5 Å². The molecule has 0 bridgehead atoms. The Kier molecular flexibility index (Phi) is 11.9. The van der Waals surface area contributed by atoms with E-state index in [4.69, 9.17) is 4.74 Å². The second-order valence-electron chi connectivity index (χ2n) is 12.4. The molecule has 3 aromatic carbocycles. The van der Waals surface area contributed by atoms with Gasteiger partial charge in [0.2, 0.25) is 11.8 Å². The fourth-order valence-electron chi connectivity index (χ4n) is 6.34. The van der Waals surface area contributed by atoms with Crippen LogP contribution in [0.5, 0.6) is 0 Å². The van der Waals surface area contributed by atoms with Crippen molar-refractivity contribution in [3.8, 4) is 11.1 Å². The van der Waals surface area contributed by atoms with Gasteiger partial charge >= 0.3 is 12.1 Å². The highest BCUT2D eigenvalue weighted by Crippen LogP contribution is 2.44. The minimum absolute atomic E-state index is 0.00378. The van der Waals surface area contributed by atoms with Crippen molar-refractivity contribution < 1.29 is 33.4 Å². The number of amides is 3. The van der Waals surface area contributed by atoms with Gasteiger partial charge in [-0.3, -0.25) is 14.6 Å². The number of nitrogens with one attached hydrogen (secondary N) is 2.